The first kappa shape index (κ1) is 13.6. The first-order valence-electron chi connectivity index (χ1n) is 5.96. The number of hydrogen-bond donors (Lipinski definition) is 1. The standard InChI is InChI=1S/C12H12N6O2/c13-5-1-2-10-8-17(16-15-10)11-4-3-9(7-14)6-12(11)18(19)20/h3-4,6,8H,1-2,5,13H2. The highest BCUT2D eigenvalue weighted by Crippen LogP contribution is 2.23. The van der Waals surface area contributed by atoms with Crippen LogP contribution in [-0.2, 0) is 6.42 Å². The van der Waals surface area contributed by atoms with Crippen LogP contribution in [0, 0.1) is 21.4 Å². The maximum atomic E-state index is 11.1. The summed E-state index contributed by atoms with van der Waals surface area (Å²) in [6.45, 7) is 0.546. The zero-order valence-corrected chi connectivity index (χ0v) is 10.6. The number of nitro benzene ring substituents is 1. The maximum Gasteiger partial charge on any atom is 0.296 e. The van der Waals surface area contributed by atoms with Gasteiger partial charge in [-0.1, -0.05) is 5.21 Å². The fourth-order valence-corrected chi connectivity index (χ4v) is 1.75. The second-order valence-electron chi connectivity index (χ2n) is 4.12. The number of nitro groups is 1. The van der Waals surface area contributed by atoms with E-state index in [0.717, 1.165) is 6.42 Å². The first-order chi connectivity index (χ1) is 9.65. The summed E-state index contributed by atoms with van der Waals surface area (Å²) >= 11 is 0. The van der Waals surface area contributed by atoms with Gasteiger partial charge in [0.1, 0.15) is 5.69 Å². The normalized spacial score (nSPS) is 10.2. The van der Waals surface area contributed by atoms with E-state index in [1.165, 1.54) is 22.9 Å². The van der Waals surface area contributed by atoms with Crippen LogP contribution in [0.3, 0.4) is 0 Å². The molecule has 8 nitrogen and oxygen atoms in total. The molecule has 0 fully saturated rings. The lowest BCUT2D eigenvalue weighted by molar-refractivity contribution is -0.384. The van der Waals surface area contributed by atoms with E-state index in [4.69, 9.17) is 11.0 Å². The Bertz CT molecular complexity index is 673. The molecule has 0 spiro atoms. The molecule has 102 valence electrons. The second kappa shape index (κ2) is 5.90. The van der Waals surface area contributed by atoms with Gasteiger partial charge in [-0.2, -0.15) is 5.26 Å². The van der Waals surface area contributed by atoms with Crippen molar-refractivity contribution in [3.63, 3.8) is 0 Å². The van der Waals surface area contributed by atoms with Gasteiger partial charge in [0.15, 0.2) is 0 Å². The van der Waals surface area contributed by atoms with Gasteiger partial charge in [0, 0.05) is 6.07 Å². The Morgan fingerprint density at radius 3 is 2.95 bits per heavy atom. The maximum absolute atomic E-state index is 11.1. The third kappa shape index (κ3) is 2.78. The lowest BCUT2D eigenvalue weighted by Crippen LogP contribution is -2.01. The van der Waals surface area contributed by atoms with Crippen LogP contribution in [0.2, 0.25) is 0 Å². The van der Waals surface area contributed by atoms with E-state index in [-0.39, 0.29) is 16.9 Å². The fraction of sp³-hybridized carbons (Fsp3) is 0.250. The predicted molar refractivity (Wildman–Crippen MR) is 70.1 cm³/mol. The summed E-state index contributed by atoms with van der Waals surface area (Å²) in [6.07, 6.45) is 3.07. The Hall–Kier alpha value is -2.79. The predicted octanol–water partition coefficient (Wildman–Crippen LogP) is 0.938. The van der Waals surface area contributed by atoms with Crippen LogP contribution in [0.4, 0.5) is 5.69 Å². The van der Waals surface area contributed by atoms with E-state index >= 15 is 0 Å². The highest BCUT2D eigenvalue weighted by atomic mass is 16.6. The van der Waals surface area contributed by atoms with Crippen molar-refractivity contribution in [1.82, 2.24) is 15.0 Å². The van der Waals surface area contributed by atoms with Crippen molar-refractivity contribution >= 4 is 5.69 Å². The average Bonchev–Trinajstić information content (AvgIpc) is 2.93. The molecule has 0 atom stereocenters. The van der Waals surface area contributed by atoms with Gasteiger partial charge in [-0.3, -0.25) is 10.1 Å². The molecular formula is C12H12N6O2. The SMILES string of the molecule is N#Cc1ccc(-n2cc(CCCN)nn2)c([N+](=O)[O-])c1. The van der Waals surface area contributed by atoms with Gasteiger partial charge >= 0.3 is 0 Å². The summed E-state index contributed by atoms with van der Waals surface area (Å²) in [4.78, 5) is 10.5. The number of nitrogens with two attached hydrogens (primary N) is 1. The van der Waals surface area contributed by atoms with Crippen molar-refractivity contribution < 1.29 is 4.92 Å². The summed E-state index contributed by atoms with van der Waals surface area (Å²) < 4.78 is 1.34. The average molecular weight is 272 g/mol. The third-order valence-electron chi connectivity index (χ3n) is 2.73. The minimum Gasteiger partial charge on any atom is -0.330 e. The van der Waals surface area contributed by atoms with E-state index in [2.05, 4.69) is 10.3 Å². The molecule has 1 heterocycles. The Morgan fingerprint density at radius 1 is 1.50 bits per heavy atom. The number of nitriles is 1. The number of aryl methyl sites for hydroxylation is 1. The zero-order chi connectivity index (χ0) is 14.5. The number of hydrogen-bond acceptors (Lipinski definition) is 6. The Kier molecular flexibility index (Phi) is 4.02. The van der Waals surface area contributed by atoms with Gasteiger partial charge < -0.3 is 5.73 Å². The number of nitrogens with zero attached hydrogens (tertiary/aromatic N) is 5. The molecular weight excluding hydrogens is 260 g/mol. The van der Waals surface area contributed by atoms with Crippen LogP contribution in [0.15, 0.2) is 24.4 Å². The van der Waals surface area contributed by atoms with E-state index in [1.807, 2.05) is 6.07 Å². The molecule has 0 unspecified atom stereocenters. The number of rotatable bonds is 5. The molecule has 8 heteroatoms. The van der Waals surface area contributed by atoms with Gasteiger partial charge in [-0.15, -0.1) is 5.10 Å². The van der Waals surface area contributed by atoms with Gasteiger partial charge in [0.05, 0.1) is 28.4 Å². The molecule has 0 aliphatic heterocycles. The molecule has 1 aromatic carbocycles. The van der Waals surface area contributed by atoms with Gasteiger partial charge in [0.25, 0.3) is 5.69 Å². The van der Waals surface area contributed by atoms with Crippen molar-refractivity contribution in [1.29, 1.82) is 5.26 Å². The minimum absolute atomic E-state index is 0.181. The number of aromatic nitrogens is 3. The Labute approximate surface area is 114 Å². The van der Waals surface area contributed by atoms with Crippen LogP contribution in [-0.4, -0.2) is 26.5 Å². The zero-order valence-electron chi connectivity index (χ0n) is 10.6. The van der Waals surface area contributed by atoms with E-state index in [0.29, 0.717) is 18.7 Å². The first-order valence-corrected chi connectivity index (χ1v) is 5.96. The summed E-state index contributed by atoms with van der Waals surface area (Å²) in [5.41, 5.74) is 6.45. The van der Waals surface area contributed by atoms with Crippen LogP contribution in [0.5, 0.6) is 0 Å². The molecule has 0 bridgehead atoms. The summed E-state index contributed by atoms with van der Waals surface area (Å²) in [5, 5.41) is 27.7. The highest BCUT2D eigenvalue weighted by molar-refractivity contribution is 5.55. The lowest BCUT2D eigenvalue weighted by Gasteiger charge is -2.01. The van der Waals surface area contributed by atoms with Crippen LogP contribution in [0.25, 0.3) is 5.69 Å². The molecule has 0 amide bonds. The van der Waals surface area contributed by atoms with E-state index in [9.17, 15) is 10.1 Å². The van der Waals surface area contributed by atoms with E-state index in [1.54, 1.807) is 6.20 Å². The smallest absolute Gasteiger partial charge is 0.296 e. The van der Waals surface area contributed by atoms with Crippen molar-refractivity contribution in [2.75, 3.05) is 6.54 Å². The second-order valence-corrected chi connectivity index (χ2v) is 4.12. The minimum atomic E-state index is -0.544. The topological polar surface area (TPSA) is 124 Å². The molecule has 2 rings (SSSR count). The molecule has 1 aromatic heterocycles. The third-order valence-corrected chi connectivity index (χ3v) is 2.73. The molecule has 0 aliphatic rings. The van der Waals surface area contributed by atoms with Crippen LogP contribution < -0.4 is 5.73 Å². The van der Waals surface area contributed by atoms with Crippen LogP contribution in [0.1, 0.15) is 17.7 Å². The van der Waals surface area contributed by atoms with Gasteiger partial charge in [-0.25, -0.2) is 4.68 Å². The monoisotopic (exact) mass is 272 g/mol. The summed E-state index contributed by atoms with van der Waals surface area (Å²) in [6, 6.07) is 6.08. The van der Waals surface area contributed by atoms with Crippen molar-refractivity contribution in [2.45, 2.75) is 12.8 Å². The lowest BCUT2D eigenvalue weighted by atomic mass is 10.2. The summed E-state index contributed by atoms with van der Waals surface area (Å²) in [7, 11) is 0. The number of benzene rings is 1. The van der Waals surface area contributed by atoms with Crippen molar-refractivity contribution in [2.24, 2.45) is 5.73 Å². The quantitative estimate of drug-likeness (QED) is 0.638. The molecule has 0 saturated heterocycles. The summed E-state index contributed by atoms with van der Waals surface area (Å²) in [5.74, 6) is 0. The van der Waals surface area contributed by atoms with E-state index < -0.39 is 4.92 Å². The molecule has 0 saturated carbocycles. The highest BCUT2D eigenvalue weighted by Gasteiger charge is 2.17. The molecule has 2 aromatic rings. The largest absolute Gasteiger partial charge is 0.330 e. The fourth-order valence-electron chi connectivity index (χ4n) is 1.75. The van der Waals surface area contributed by atoms with Gasteiger partial charge in [-0.05, 0) is 31.5 Å². The van der Waals surface area contributed by atoms with Gasteiger partial charge in [0.2, 0.25) is 0 Å². The molecule has 0 radical (unpaired) electrons. The molecule has 0 aliphatic carbocycles. The molecule has 2 N–H and O–H groups in total. The van der Waals surface area contributed by atoms with Crippen molar-refractivity contribution in [3.05, 3.63) is 45.8 Å². The molecule has 20 heavy (non-hydrogen) atoms. The Morgan fingerprint density at radius 2 is 2.30 bits per heavy atom. The van der Waals surface area contributed by atoms with Crippen LogP contribution >= 0.6 is 0 Å². The Balaban J connectivity index is 2.39. The van der Waals surface area contributed by atoms with Crippen molar-refractivity contribution in [3.8, 4) is 11.8 Å².